The van der Waals surface area contributed by atoms with Gasteiger partial charge >= 0.3 is 6.03 Å². The standard InChI is InChI=1S/C20H27N5O2/c1-24(2)18-13-21-14-19(23-18)27-17-10-12-25(15-17)20(26)22-11-6-9-16-7-4-3-5-8-16/h3-5,7-8,13-14,17H,6,9-12,15H2,1-2H3,(H,22,26). The first kappa shape index (κ1) is 18.9. The van der Waals surface area contributed by atoms with E-state index in [2.05, 4.69) is 27.4 Å². The van der Waals surface area contributed by atoms with Crippen molar-refractivity contribution in [2.24, 2.45) is 0 Å². The number of amides is 2. The third-order valence-corrected chi connectivity index (χ3v) is 4.54. The molecule has 0 aliphatic carbocycles. The van der Waals surface area contributed by atoms with Crippen LogP contribution in [0.2, 0.25) is 0 Å². The molecule has 1 aliphatic rings. The lowest BCUT2D eigenvalue weighted by molar-refractivity contribution is 0.183. The average molecular weight is 369 g/mol. The van der Waals surface area contributed by atoms with Gasteiger partial charge in [-0.2, -0.15) is 4.98 Å². The van der Waals surface area contributed by atoms with Crippen molar-refractivity contribution in [3.63, 3.8) is 0 Å². The molecule has 7 heteroatoms. The minimum absolute atomic E-state index is 0.0257. The van der Waals surface area contributed by atoms with E-state index in [1.54, 1.807) is 17.3 Å². The molecule has 1 saturated heterocycles. The highest BCUT2D eigenvalue weighted by Gasteiger charge is 2.27. The van der Waals surface area contributed by atoms with Crippen LogP contribution in [0.25, 0.3) is 0 Å². The Morgan fingerprint density at radius 3 is 2.89 bits per heavy atom. The quantitative estimate of drug-likeness (QED) is 0.759. The average Bonchev–Trinajstić information content (AvgIpc) is 3.14. The van der Waals surface area contributed by atoms with Crippen molar-refractivity contribution in [3.8, 4) is 5.88 Å². The Labute approximate surface area is 160 Å². The molecule has 1 N–H and O–H groups in total. The van der Waals surface area contributed by atoms with Gasteiger partial charge in [-0.05, 0) is 18.4 Å². The lowest BCUT2D eigenvalue weighted by atomic mass is 10.1. The number of urea groups is 1. The van der Waals surface area contributed by atoms with Gasteiger partial charge in [-0.3, -0.25) is 4.98 Å². The molecule has 2 aromatic rings. The van der Waals surface area contributed by atoms with E-state index in [9.17, 15) is 4.79 Å². The van der Waals surface area contributed by atoms with Gasteiger partial charge in [-0.15, -0.1) is 0 Å². The number of likely N-dealkylation sites (tertiary alicyclic amines) is 1. The first-order valence-electron chi connectivity index (χ1n) is 9.34. The number of aromatic nitrogens is 2. The SMILES string of the molecule is CN(C)c1cncc(OC2CCN(C(=O)NCCCc3ccccc3)C2)n1. The first-order chi connectivity index (χ1) is 13.1. The molecule has 2 amide bonds. The van der Waals surface area contributed by atoms with Gasteiger partial charge in [0.15, 0.2) is 5.82 Å². The zero-order chi connectivity index (χ0) is 19.1. The number of rotatable bonds is 7. The zero-order valence-electron chi connectivity index (χ0n) is 16.0. The highest BCUT2D eigenvalue weighted by molar-refractivity contribution is 5.74. The molecule has 1 unspecified atom stereocenters. The predicted molar refractivity (Wildman–Crippen MR) is 105 cm³/mol. The minimum Gasteiger partial charge on any atom is -0.471 e. The van der Waals surface area contributed by atoms with E-state index >= 15 is 0 Å². The van der Waals surface area contributed by atoms with Gasteiger partial charge in [0.25, 0.3) is 0 Å². The summed E-state index contributed by atoms with van der Waals surface area (Å²) in [6.07, 6.45) is 5.94. The second kappa shape index (κ2) is 9.21. The summed E-state index contributed by atoms with van der Waals surface area (Å²) in [4.78, 5) is 24.6. The van der Waals surface area contributed by atoms with Crippen molar-refractivity contribution in [3.05, 3.63) is 48.3 Å². The molecule has 1 fully saturated rings. The topological polar surface area (TPSA) is 70.6 Å². The molecule has 144 valence electrons. The van der Waals surface area contributed by atoms with Crippen LogP contribution in [-0.4, -0.2) is 60.7 Å². The maximum absolute atomic E-state index is 12.3. The van der Waals surface area contributed by atoms with Crippen LogP contribution in [0.3, 0.4) is 0 Å². The summed E-state index contributed by atoms with van der Waals surface area (Å²) >= 11 is 0. The lowest BCUT2D eigenvalue weighted by Crippen LogP contribution is -2.39. The molecule has 1 atom stereocenters. The molecule has 2 heterocycles. The molecular weight excluding hydrogens is 342 g/mol. The molecular formula is C20H27N5O2. The van der Waals surface area contributed by atoms with Gasteiger partial charge in [-0.25, -0.2) is 4.79 Å². The lowest BCUT2D eigenvalue weighted by Gasteiger charge is -2.18. The van der Waals surface area contributed by atoms with Crippen LogP contribution in [0.1, 0.15) is 18.4 Å². The van der Waals surface area contributed by atoms with E-state index in [0.717, 1.165) is 25.1 Å². The number of nitrogens with zero attached hydrogens (tertiary/aromatic N) is 4. The van der Waals surface area contributed by atoms with Gasteiger partial charge in [-0.1, -0.05) is 30.3 Å². The Balaban J connectivity index is 1.39. The number of nitrogens with one attached hydrogen (secondary N) is 1. The third-order valence-electron chi connectivity index (χ3n) is 4.54. The van der Waals surface area contributed by atoms with Gasteiger partial charge < -0.3 is 19.9 Å². The summed E-state index contributed by atoms with van der Waals surface area (Å²) in [7, 11) is 3.82. The summed E-state index contributed by atoms with van der Waals surface area (Å²) in [5.41, 5.74) is 1.29. The normalized spacial score (nSPS) is 16.2. The maximum Gasteiger partial charge on any atom is 0.317 e. The third kappa shape index (κ3) is 5.57. The fourth-order valence-corrected chi connectivity index (χ4v) is 3.03. The zero-order valence-corrected chi connectivity index (χ0v) is 16.0. The number of hydrogen-bond acceptors (Lipinski definition) is 5. The van der Waals surface area contributed by atoms with Gasteiger partial charge in [0, 0.05) is 33.6 Å². The smallest absolute Gasteiger partial charge is 0.317 e. The van der Waals surface area contributed by atoms with Crippen molar-refractivity contribution in [2.45, 2.75) is 25.4 Å². The van der Waals surface area contributed by atoms with E-state index in [4.69, 9.17) is 4.74 Å². The Morgan fingerprint density at radius 1 is 1.30 bits per heavy atom. The Hall–Kier alpha value is -2.83. The van der Waals surface area contributed by atoms with Crippen LogP contribution >= 0.6 is 0 Å². The number of carbonyl (C=O) groups excluding carboxylic acids is 1. The van der Waals surface area contributed by atoms with E-state index in [1.165, 1.54) is 5.56 Å². The fourth-order valence-electron chi connectivity index (χ4n) is 3.03. The summed E-state index contributed by atoms with van der Waals surface area (Å²) < 4.78 is 5.91. The molecule has 1 aliphatic heterocycles. The van der Waals surface area contributed by atoms with Crippen molar-refractivity contribution in [2.75, 3.05) is 38.6 Å². The van der Waals surface area contributed by atoms with Crippen molar-refractivity contribution >= 4 is 11.8 Å². The van der Waals surface area contributed by atoms with E-state index in [0.29, 0.717) is 25.5 Å². The second-order valence-corrected chi connectivity index (χ2v) is 6.91. The van der Waals surface area contributed by atoms with Crippen molar-refractivity contribution < 1.29 is 9.53 Å². The number of benzene rings is 1. The summed E-state index contributed by atoms with van der Waals surface area (Å²) in [5, 5.41) is 3.00. The molecule has 27 heavy (non-hydrogen) atoms. The molecule has 3 rings (SSSR count). The molecule has 0 bridgehead atoms. The Kier molecular flexibility index (Phi) is 6.46. The van der Waals surface area contributed by atoms with Crippen LogP contribution in [0.4, 0.5) is 10.6 Å². The van der Waals surface area contributed by atoms with Crippen LogP contribution in [0, 0.1) is 0 Å². The highest BCUT2D eigenvalue weighted by atomic mass is 16.5. The van der Waals surface area contributed by atoms with Gasteiger partial charge in [0.2, 0.25) is 5.88 Å². The Bertz CT molecular complexity index is 738. The van der Waals surface area contributed by atoms with Crippen LogP contribution in [0.15, 0.2) is 42.7 Å². The van der Waals surface area contributed by atoms with Crippen molar-refractivity contribution in [1.29, 1.82) is 0 Å². The van der Waals surface area contributed by atoms with E-state index in [-0.39, 0.29) is 12.1 Å². The highest BCUT2D eigenvalue weighted by Crippen LogP contribution is 2.18. The minimum atomic E-state index is -0.0493. The summed E-state index contributed by atoms with van der Waals surface area (Å²) in [6.45, 7) is 1.93. The number of carbonyl (C=O) groups is 1. The predicted octanol–water partition coefficient (Wildman–Crippen LogP) is 2.34. The van der Waals surface area contributed by atoms with Crippen molar-refractivity contribution in [1.82, 2.24) is 20.2 Å². The number of anilines is 1. The molecule has 0 radical (unpaired) electrons. The maximum atomic E-state index is 12.3. The Morgan fingerprint density at radius 2 is 2.11 bits per heavy atom. The monoisotopic (exact) mass is 369 g/mol. The molecule has 0 saturated carbocycles. The molecule has 7 nitrogen and oxygen atoms in total. The second-order valence-electron chi connectivity index (χ2n) is 6.91. The number of hydrogen-bond donors (Lipinski definition) is 1. The molecule has 1 aromatic carbocycles. The van der Waals surface area contributed by atoms with Gasteiger partial charge in [0.1, 0.15) is 6.10 Å². The number of ether oxygens (including phenoxy) is 1. The largest absolute Gasteiger partial charge is 0.471 e. The van der Waals surface area contributed by atoms with Crippen LogP contribution < -0.4 is 15.0 Å². The molecule has 0 spiro atoms. The fraction of sp³-hybridized carbons (Fsp3) is 0.450. The molecule has 1 aromatic heterocycles. The summed E-state index contributed by atoms with van der Waals surface area (Å²) in [5.74, 6) is 1.25. The van der Waals surface area contributed by atoms with E-state index in [1.807, 2.05) is 37.2 Å². The summed E-state index contributed by atoms with van der Waals surface area (Å²) in [6, 6.07) is 10.3. The number of aryl methyl sites for hydroxylation is 1. The van der Waals surface area contributed by atoms with Gasteiger partial charge in [0.05, 0.1) is 18.9 Å². The van der Waals surface area contributed by atoms with E-state index < -0.39 is 0 Å². The van der Waals surface area contributed by atoms with Crippen LogP contribution in [-0.2, 0) is 6.42 Å². The van der Waals surface area contributed by atoms with Crippen LogP contribution in [0.5, 0.6) is 5.88 Å². The first-order valence-corrected chi connectivity index (χ1v) is 9.34.